The second-order valence-electron chi connectivity index (χ2n) is 5.51. The highest BCUT2D eigenvalue weighted by Gasteiger charge is 2.53. The molecule has 1 aliphatic rings. The van der Waals surface area contributed by atoms with Gasteiger partial charge >= 0.3 is 0 Å². The van der Waals surface area contributed by atoms with E-state index in [1.807, 2.05) is 0 Å². The molecule has 0 heterocycles. The molecule has 1 nitrogen and oxygen atoms in total. The molecule has 0 amide bonds. The Morgan fingerprint density at radius 1 is 1.13 bits per heavy atom. The molecule has 3 atom stereocenters. The smallest absolute Gasteiger partial charge is 0.0628 e. The van der Waals surface area contributed by atoms with Crippen LogP contribution >= 0.6 is 0 Å². The van der Waals surface area contributed by atoms with Crippen molar-refractivity contribution < 1.29 is 5.11 Å². The first kappa shape index (κ1) is 10.7. The molecular weight excluding hydrogens is 184 g/mol. The van der Waals surface area contributed by atoms with Crippen LogP contribution in [-0.4, -0.2) is 11.2 Å². The maximum atomic E-state index is 9.93. The number of aryl methyl sites for hydroxylation is 1. The molecule has 1 aromatic carbocycles. The zero-order valence-corrected chi connectivity index (χ0v) is 9.99. The van der Waals surface area contributed by atoms with Crippen LogP contribution in [0.25, 0.3) is 0 Å². The lowest BCUT2D eigenvalue weighted by atomic mass is 9.52. The summed E-state index contributed by atoms with van der Waals surface area (Å²) in [5.74, 6) is 0.871. The summed E-state index contributed by atoms with van der Waals surface area (Å²) in [6.07, 6.45) is -0.163. The standard InChI is InChI=1S/C14H20O/c1-9-5-7-11(8-6-9)12-10(2)13(15)14(12,3)4/h5-8,10,12-13,15H,1-4H3. The summed E-state index contributed by atoms with van der Waals surface area (Å²) in [4.78, 5) is 0. The van der Waals surface area contributed by atoms with Crippen molar-refractivity contribution in [2.75, 3.05) is 0 Å². The van der Waals surface area contributed by atoms with Crippen molar-refractivity contribution in [3.63, 3.8) is 0 Å². The summed E-state index contributed by atoms with van der Waals surface area (Å²) in [5, 5.41) is 9.93. The summed E-state index contributed by atoms with van der Waals surface area (Å²) in [7, 11) is 0. The first-order valence-corrected chi connectivity index (χ1v) is 5.69. The normalized spacial score (nSPS) is 33.5. The molecule has 2 rings (SSSR count). The van der Waals surface area contributed by atoms with Gasteiger partial charge in [-0.15, -0.1) is 0 Å². The molecule has 15 heavy (non-hydrogen) atoms. The first-order chi connectivity index (χ1) is 6.94. The lowest BCUT2D eigenvalue weighted by Gasteiger charge is -2.55. The largest absolute Gasteiger partial charge is 0.392 e. The molecule has 1 saturated carbocycles. The molecule has 3 unspecified atom stereocenters. The zero-order valence-electron chi connectivity index (χ0n) is 9.99. The molecule has 0 saturated heterocycles. The molecule has 1 aliphatic carbocycles. The summed E-state index contributed by atoms with van der Waals surface area (Å²) >= 11 is 0. The Balaban J connectivity index is 2.29. The van der Waals surface area contributed by atoms with Gasteiger partial charge in [0.2, 0.25) is 0 Å². The topological polar surface area (TPSA) is 20.2 Å². The summed E-state index contributed by atoms with van der Waals surface area (Å²) < 4.78 is 0. The third kappa shape index (κ3) is 1.50. The molecule has 0 aromatic heterocycles. The molecule has 0 aliphatic heterocycles. The number of aliphatic hydroxyl groups is 1. The monoisotopic (exact) mass is 204 g/mol. The van der Waals surface area contributed by atoms with E-state index in [9.17, 15) is 5.11 Å². The molecule has 82 valence electrons. The van der Waals surface area contributed by atoms with Crippen LogP contribution in [0.5, 0.6) is 0 Å². The minimum Gasteiger partial charge on any atom is -0.392 e. The zero-order chi connectivity index (χ0) is 11.2. The molecule has 0 bridgehead atoms. The van der Waals surface area contributed by atoms with Crippen LogP contribution in [0.4, 0.5) is 0 Å². The fourth-order valence-corrected chi connectivity index (χ4v) is 3.11. The second-order valence-corrected chi connectivity index (χ2v) is 5.51. The number of aliphatic hydroxyl groups excluding tert-OH is 1. The Morgan fingerprint density at radius 3 is 2.13 bits per heavy atom. The Morgan fingerprint density at radius 2 is 1.67 bits per heavy atom. The van der Waals surface area contributed by atoms with Crippen molar-refractivity contribution in [3.05, 3.63) is 35.4 Å². The number of rotatable bonds is 1. The van der Waals surface area contributed by atoms with E-state index in [-0.39, 0.29) is 11.5 Å². The number of hydrogen-bond acceptors (Lipinski definition) is 1. The van der Waals surface area contributed by atoms with Gasteiger partial charge in [-0.3, -0.25) is 0 Å². The minimum atomic E-state index is -0.163. The first-order valence-electron chi connectivity index (χ1n) is 5.69. The van der Waals surface area contributed by atoms with Crippen LogP contribution in [0.1, 0.15) is 37.8 Å². The van der Waals surface area contributed by atoms with Crippen molar-refractivity contribution in [1.29, 1.82) is 0 Å². The molecule has 1 heteroatoms. The van der Waals surface area contributed by atoms with Crippen LogP contribution in [0, 0.1) is 18.3 Å². The predicted octanol–water partition coefficient (Wildman–Crippen LogP) is 3.12. The van der Waals surface area contributed by atoms with E-state index >= 15 is 0 Å². The van der Waals surface area contributed by atoms with Gasteiger partial charge in [0.15, 0.2) is 0 Å². The van der Waals surface area contributed by atoms with E-state index in [4.69, 9.17) is 0 Å². The quantitative estimate of drug-likeness (QED) is 0.745. The summed E-state index contributed by atoms with van der Waals surface area (Å²) in [5.41, 5.74) is 2.68. The van der Waals surface area contributed by atoms with Crippen LogP contribution in [0.3, 0.4) is 0 Å². The highest BCUT2D eigenvalue weighted by Crippen LogP contribution is 2.56. The lowest BCUT2D eigenvalue weighted by molar-refractivity contribution is -0.115. The van der Waals surface area contributed by atoms with E-state index in [1.165, 1.54) is 11.1 Å². The van der Waals surface area contributed by atoms with E-state index in [0.717, 1.165) is 0 Å². The average Bonchev–Trinajstić information content (AvgIpc) is 2.20. The van der Waals surface area contributed by atoms with Gasteiger partial charge in [-0.1, -0.05) is 50.6 Å². The fourth-order valence-electron chi connectivity index (χ4n) is 3.11. The fraction of sp³-hybridized carbons (Fsp3) is 0.571. The van der Waals surface area contributed by atoms with Gasteiger partial charge in [-0.05, 0) is 29.7 Å². The predicted molar refractivity (Wildman–Crippen MR) is 62.9 cm³/mol. The SMILES string of the molecule is Cc1ccc(C2C(C)C(O)C2(C)C)cc1. The van der Waals surface area contributed by atoms with Crippen molar-refractivity contribution in [2.24, 2.45) is 11.3 Å². The molecule has 1 aromatic rings. The van der Waals surface area contributed by atoms with Gasteiger partial charge in [0.25, 0.3) is 0 Å². The Labute approximate surface area is 92.1 Å². The van der Waals surface area contributed by atoms with E-state index < -0.39 is 0 Å². The van der Waals surface area contributed by atoms with Gasteiger partial charge in [0, 0.05) is 0 Å². The number of hydrogen-bond donors (Lipinski definition) is 1. The van der Waals surface area contributed by atoms with Crippen LogP contribution in [0.2, 0.25) is 0 Å². The van der Waals surface area contributed by atoms with Crippen LogP contribution < -0.4 is 0 Å². The third-order valence-electron chi connectivity index (χ3n) is 4.02. The maximum absolute atomic E-state index is 9.93. The number of benzene rings is 1. The van der Waals surface area contributed by atoms with Crippen molar-refractivity contribution in [2.45, 2.75) is 39.7 Å². The lowest BCUT2D eigenvalue weighted by Crippen LogP contribution is -2.54. The van der Waals surface area contributed by atoms with E-state index in [1.54, 1.807) is 0 Å². The van der Waals surface area contributed by atoms with Gasteiger partial charge in [0.05, 0.1) is 6.10 Å². The maximum Gasteiger partial charge on any atom is 0.0628 e. The Hall–Kier alpha value is -0.820. The second kappa shape index (κ2) is 3.34. The summed E-state index contributed by atoms with van der Waals surface area (Å²) in [6, 6.07) is 8.71. The Bertz CT molecular complexity index is 350. The summed E-state index contributed by atoms with van der Waals surface area (Å²) in [6.45, 7) is 8.55. The van der Waals surface area contributed by atoms with Crippen molar-refractivity contribution >= 4 is 0 Å². The molecule has 1 fully saturated rings. The van der Waals surface area contributed by atoms with Crippen LogP contribution in [0.15, 0.2) is 24.3 Å². The van der Waals surface area contributed by atoms with Crippen LogP contribution in [-0.2, 0) is 0 Å². The van der Waals surface area contributed by atoms with Crippen molar-refractivity contribution in [3.8, 4) is 0 Å². The van der Waals surface area contributed by atoms with E-state index in [0.29, 0.717) is 11.8 Å². The minimum absolute atomic E-state index is 0.0225. The Kier molecular flexibility index (Phi) is 2.38. The molecule has 0 radical (unpaired) electrons. The highest BCUT2D eigenvalue weighted by atomic mass is 16.3. The highest BCUT2D eigenvalue weighted by molar-refractivity contribution is 5.30. The molecular formula is C14H20O. The molecule has 1 N–H and O–H groups in total. The van der Waals surface area contributed by atoms with Gasteiger partial charge in [-0.2, -0.15) is 0 Å². The van der Waals surface area contributed by atoms with Gasteiger partial charge in [-0.25, -0.2) is 0 Å². The molecule has 0 spiro atoms. The third-order valence-corrected chi connectivity index (χ3v) is 4.02. The average molecular weight is 204 g/mol. The van der Waals surface area contributed by atoms with Gasteiger partial charge < -0.3 is 5.11 Å². The van der Waals surface area contributed by atoms with E-state index in [2.05, 4.69) is 52.0 Å². The van der Waals surface area contributed by atoms with Crippen molar-refractivity contribution in [1.82, 2.24) is 0 Å². The van der Waals surface area contributed by atoms with Gasteiger partial charge in [0.1, 0.15) is 0 Å².